The Bertz CT molecular complexity index is 1290. The van der Waals surface area contributed by atoms with Crippen molar-refractivity contribution in [1.82, 2.24) is 19.6 Å². The number of hydrogen-bond acceptors (Lipinski definition) is 5. The van der Waals surface area contributed by atoms with E-state index in [1.807, 2.05) is 32.0 Å². The van der Waals surface area contributed by atoms with Crippen LogP contribution in [0.25, 0.3) is 0 Å². The van der Waals surface area contributed by atoms with Crippen molar-refractivity contribution in [1.29, 1.82) is 0 Å². The van der Waals surface area contributed by atoms with Crippen LogP contribution in [0.5, 0.6) is 11.5 Å². The second-order valence-corrected chi connectivity index (χ2v) is 7.76. The number of carbonyl (C=O) groups excluding carboxylic acids is 1. The molecule has 0 unspecified atom stereocenters. The molecule has 10 heteroatoms. The number of halogens is 2. The molecule has 170 valence electrons. The van der Waals surface area contributed by atoms with E-state index in [1.165, 1.54) is 29.1 Å². The molecule has 4 aromatic rings. The number of carbonyl (C=O) groups is 1. The molecule has 0 radical (unpaired) electrons. The molecule has 0 aliphatic carbocycles. The molecule has 0 saturated carbocycles. The molecule has 0 spiro atoms. The molecule has 0 aliphatic rings. The predicted octanol–water partition coefficient (Wildman–Crippen LogP) is 4.81. The van der Waals surface area contributed by atoms with Gasteiger partial charge in [0.25, 0.3) is 5.91 Å². The van der Waals surface area contributed by atoms with Crippen LogP contribution >= 0.6 is 11.6 Å². The van der Waals surface area contributed by atoms with E-state index in [2.05, 4.69) is 15.5 Å². The monoisotopic (exact) mass is 469 g/mol. The van der Waals surface area contributed by atoms with Crippen molar-refractivity contribution in [2.45, 2.75) is 27.3 Å². The van der Waals surface area contributed by atoms with E-state index in [1.54, 1.807) is 23.1 Å². The average Bonchev–Trinajstić information content (AvgIpc) is 3.44. The van der Waals surface area contributed by atoms with E-state index < -0.39 is 11.7 Å². The molecule has 2 aromatic heterocycles. The highest BCUT2D eigenvalue weighted by atomic mass is 35.5. The van der Waals surface area contributed by atoms with Gasteiger partial charge < -0.3 is 14.8 Å². The Labute approximate surface area is 194 Å². The zero-order valence-corrected chi connectivity index (χ0v) is 18.7. The Kier molecular flexibility index (Phi) is 6.60. The second kappa shape index (κ2) is 9.74. The third-order valence-corrected chi connectivity index (χ3v) is 4.99. The Hall–Kier alpha value is -3.85. The van der Waals surface area contributed by atoms with E-state index in [-0.39, 0.29) is 24.2 Å². The van der Waals surface area contributed by atoms with Crippen molar-refractivity contribution < 1.29 is 18.7 Å². The van der Waals surface area contributed by atoms with Crippen molar-refractivity contribution in [2.24, 2.45) is 0 Å². The topological polar surface area (TPSA) is 83.2 Å². The fraction of sp³-hybridized carbons (Fsp3) is 0.174. The molecular formula is C23H21ClFN5O3. The molecule has 33 heavy (non-hydrogen) atoms. The minimum atomic E-state index is -0.526. The van der Waals surface area contributed by atoms with Gasteiger partial charge in [-0.15, -0.1) is 0 Å². The first-order valence-corrected chi connectivity index (χ1v) is 10.4. The van der Waals surface area contributed by atoms with Crippen LogP contribution in [0.2, 0.25) is 5.02 Å². The van der Waals surface area contributed by atoms with Crippen LogP contribution in [0.4, 0.5) is 10.1 Å². The summed E-state index contributed by atoms with van der Waals surface area (Å²) in [6.45, 7) is 4.25. The number of anilines is 1. The molecule has 1 N–H and O–H groups in total. The Balaban J connectivity index is 1.30. The number of amides is 1. The van der Waals surface area contributed by atoms with Gasteiger partial charge in [-0.1, -0.05) is 29.3 Å². The number of nitrogens with one attached hydrogen (secondary N) is 1. The van der Waals surface area contributed by atoms with Crippen molar-refractivity contribution in [3.8, 4) is 11.5 Å². The summed E-state index contributed by atoms with van der Waals surface area (Å²) in [4.78, 5) is 12.5. The van der Waals surface area contributed by atoms with Crippen molar-refractivity contribution in [3.63, 3.8) is 0 Å². The third kappa shape index (κ3) is 5.69. The molecule has 0 saturated heterocycles. The molecule has 2 heterocycles. The summed E-state index contributed by atoms with van der Waals surface area (Å²) in [7, 11) is 0. The fourth-order valence-corrected chi connectivity index (χ4v) is 3.22. The molecule has 1 amide bonds. The lowest BCUT2D eigenvalue weighted by Gasteiger charge is -2.09. The Morgan fingerprint density at radius 2 is 1.91 bits per heavy atom. The highest BCUT2D eigenvalue weighted by Gasteiger charge is 2.12. The minimum absolute atomic E-state index is 0.0307. The second-order valence-electron chi connectivity index (χ2n) is 7.35. The van der Waals surface area contributed by atoms with Gasteiger partial charge in [-0.25, -0.2) is 13.8 Å². The van der Waals surface area contributed by atoms with E-state index in [4.69, 9.17) is 21.1 Å². The number of ether oxygens (including phenoxy) is 2. The normalized spacial score (nSPS) is 10.8. The van der Waals surface area contributed by atoms with Crippen LogP contribution in [0.15, 0.2) is 61.1 Å². The van der Waals surface area contributed by atoms with Gasteiger partial charge in [0.05, 0.1) is 23.1 Å². The zero-order valence-electron chi connectivity index (χ0n) is 18.0. The van der Waals surface area contributed by atoms with Crippen LogP contribution in [0, 0.1) is 19.7 Å². The highest BCUT2D eigenvalue weighted by Crippen LogP contribution is 2.21. The number of aryl methyl sites for hydroxylation is 2. The summed E-state index contributed by atoms with van der Waals surface area (Å²) >= 11 is 5.74. The van der Waals surface area contributed by atoms with Crippen LogP contribution in [-0.4, -0.2) is 25.5 Å². The summed E-state index contributed by atoms with van der Waals surface area (Å²) in [5.74, 6) is 0.242. The summed E-state index contributed by atoms with van der Waals surface area (Å²) in [6, 6.07) is 11.5. The molecule has 2 aromatic carbocycles. The van der Waals surface area contributed by atoms with Gasteiger partial charge in [-0.2, -0.15) is 10.2 Å². The van der Waals surface area contributed by atoms with Gasteiger partial charge in [0.1, 0.15) is 17.3 Å². The predicted molar refractivity (Wildman–Crippen MR) is 121 cm³/mol. The van der Waals surface area contributed by atoms with Crippen LogP contribution < -0.4 is 14.8 Å². The highest BCUT2D eigenvalue weighted by molar-refractivity contribution is 6.30. The van der Waals surface area contributed by atoms with Crippen LogP contribution in [0.1, 0.15) is 21.6 Å². The standard InChI is InChI=1S/C23H21ClFN5O3/c1-15-3-6-22(16(2)9-15)33-14-30-12-17(11-26-30)27-23(31)21-7-8-29(28-21)13-32-18-4-5-20(25)19(24)10-18/h3-12H,13-14H2,1-2H3,(H,27,31). The first kappa shape index (κ1) is 22.3. The van der Waals surface area contributed by atoms with Gasteiger partial charge in [0, 0.05) is 12.3 Å². The van der Waals surface area contributed by atoms with E-state index >= 15 is 0 Å². The number of nitrogens with zero attached hydrogens (tertiary/aromatic N) is 4. The van der Waals surface area contributed by atoms with Gasteiger partial charge >= 0.3 is 0 Å². The van der Waals surface area contributed by atoms with Gasteiger partial charge in [-0.3, -0.25) is 4.79 Å². The number of rotatable bonds is 8. The zero-order chi connectivity index (χ0) is 23.4. The first-order chi connectivity index (χ1) is 15.9. The quantitative estimate of drug-likeness (QED) is 0.400. The smallest absolute Gasteiger partial charge is 0.276 e. The Morgan fingerprint density at radius 1 is 1.09 bits per heavy atom. The summed E-state index contributed by atoms with van der Waals surface area (Å²) in [5, 5.41) is 11.1. The van der Waals surface area contributed by atoms with Gasteiger partial charge in [0.2, 0.25) is 0 Å². The summed E-state index contributed by atoms with van der Waals surface area (Å²) in [5.41, 5.74) is 2.92. The van der Waals surface area contributed by atoms with Crippen molar-refractivity contribution >= 4 is 23.2 Å². The molecule has 0 fully saturated rings. The average molecular weight is 470 g/mol. The maximum absolute atomic E-state index is 13.2. The number of benzene rings is 2. The van der Waals surface area contributed by atoms with E-state index in [9.17, 15) is 9.18 Å². The minimum Gasteiger partial charge on any atom is -0.471 e. The SMILES string of the molecule is Cc1ccc(OCn2cc(NC(=O)c3ccn(COc4ccc(F)c(Cl)c4)n3)cn2)c(C)c1. The largest absolute Gasteiger partial charge is 0.471 e. The maximum atomic E-state index is 13.2. The third-order valence-electron chi connectivity index (χ3n) is 4.70. The summed E-state index contributed by atoms with van der Waals surface area (Å²) in [6.07, 6.45) is 4.79. The van der Waals surface area contributed by atoms with E-state index in [0.29, 0.717) is 11.4 Å². The maximum Gasteiger partial charge on any atom is 0.276 e. The van der Waals surface area contributed by atoms with Crippen LogP contribution in [0.3, 0.4) is 0 Å². The Morgan fingerprint density at radius 3 is 2.70 bits per heavy atom. The fourth-order valence-electron chi connectivity index (χ4n) is 3.05. The lowest BCUT2D eigenvalue weighted by molar-refractivity contribution is 0.102. The summed E-state index contributed by atoms with van der Waals surface area (Å²) < 4.78 is 27.5. The number of hydrogen-bond donors (Lipinski definition) is 1. The molecule has 0 bridgehead atoms. The van der Waals surface area contributed by atoms with Crippen molar-refractivity contribution in [3.05, 3.63) is 88.7 Å². The molecular weight excluding hydrogens is 449 g/mol. The van der Waals surface area contributed by atoms with Gasteiger partial charge in [-0.05, 0) is 43.7 Å². The molecule has 0 atom stereocenters. The number of aromatic nitrogens is 4. The molecule has 4 rings (SSSR count). The molecule has 8 nitrogen and oxygen atoms in total. The van der Waals surface area contributed by atoms with Crippen LogP contribution in [-0.2, 0) is 13.5 Å². The van der Waals surface area contributed by atoms with Gasteiger partial charge in [0.15, 0.2) is 19.2 Å². The lowest BCUT2D eigenvalue weighted by Crippen LogP contribution is -2.14. The van der Waals surface area contributed by atoms with Crippen molar-refractivity contribution in [2.75, 3.05) is 5.32 Å². The molecule has 0 aliphatic heterocycles. The first-order valence-electron chi connectivity index (χ1n) is 10.0. The van der Waals surface area contributed by atoms with E-state index in [0.717, 1.165) is 16.9 Å². The lowest BCUT2D eigenvalue weighted by atomic mass is 10.1.